The fourth-order valence-corrected chi connectivity index (χ4v) is 3.78. The number of carbonyl (C=O) groups is 1. The van der Waals surface area contributed by atoms with E-state index in [1.807, 2.05) is 30.0 Å². The normalized spacial score (nSPS) is 20.1. The van der Waals surface area contributed by atoms with Gasteiger partial charge in [-0.05, 0) is 67.5 Å². The van der Waals surface area contributed by atoms with Crippen LogP contribution < -0.4 is 4.74 Å². The van der Waals surface area contributed by atoms with Crippen LogP contribution in [0.3, 0.4) is 0 Å². The monoisotopic (exact) mass is 468 g/mol. The molecule has 2 aromatic rings. The second-order valence-electron chi connectivity index (χ2n) is 6.86. The van der Waals surface area contributed by atoms with Crippen LogP contribution in [0.25, 0.3) is 0 Å². The molecule has 1 aliphatic rings. The maximum absolute atomic E-state index is 13.1. The highest BCUT2D eigenvalue weighted by molar-refractivity contribution is 14.1. The van der Waals surface area contributed by atoms with Crippen molar-refractivity contribution in [1.29, 1.82) is 0 Å². The van der Waals surface area contributed by atoms with Crippen molar-refractivity contribution in [1.82, 2.24) is 9.88 Å². The zero-order chi connectivity index (χ0) is 18.7. The summed E-state index contributed by atoms with van der Waals surface area (Å²) >= 11 is 2.22. The Kier molecular flexibility index (Phi) is 6.11. The summed E-state index contributed by atoms with van der Waals surface area (Å²) < 4.78 is 19.6. The number of amides is 1. The quantitative estimate of drug-likeness (QED) is 0.623. The van der Waals surface area contributed by atoms with Gasteiger partial charge in [-0.15, -0.1) is 0 Å². The molecule has 1 fully saturated rings. The molecule has 1 aliphatic heterocycles. The highest BCUT2D eigenvalue weighted by Gasteiger charge is 2.30. The first-order valence-corrected chi connectivity index (χ1v) is 9.83. The molecule has 0 aliphatic carbocycles. The van der Waals surface area contributed by atoms with Gasteiger partial charge in [0.05, 0.1) is 18.4 Å². The first-order valence-electron chi connectivity index (χ1n) is 8.75. The number of benzene rings is 1. The molecule has 0 radical (unpaired) electrons. The third-order valence-electron chi connectivity index (χ3n) is 4.76. The second kappa shape index (κ2) is 8.33. The fraction of sp³-hybridized carbons (Fsp3) is 0.400. The van der Waals surface area contributed by atoms with Crippen molar-refractivity contribution in [2.45, 2.75) is 32.7 Å². The van der Waals surface area contributed by atoms with E-state index in [0.29, 0.717) is 19.0 Å². The number of likely N-dealkylation sites (tertiary alicyclic amines) is 1. The Morgan fingerprint density at radius 1 is 1.35 bits per heavy atom. The van der Waals surface area contributed by atoms with Crippen molar-refractivity contribution in [2.75, 3.05) is 13.2 Å². The minimum absolute atomic E-state index is 0.0789. The minimum atomic E-state index is -0.381. The summed E-state index contributed by atoms with van der Waals surface area (Å²) in [5, 5.41) is 0. The molecule has 138 valence electrons. The van der Waals surface area contributed by atoms with Crippen LogP contribution in [0, 0.1) is 22.2 Å². The van der Waals surface area contributed by atoms with Crippen LogP contribution in [0.15, 0.2) is 36.5 Å². The topological polar surface area (TPSA) is 42.4 Å². The first kappa shape index (κ1) is 19.1. The number of pyridine rings is 1. The number of rotatable bonds is 4. The second-order valence-corrected chi connectivity index (χ2v) is 8.02. The lowest BCUT2D eigenvalue weighted by molar-refractivity contribution is 0.0501. The van der Waals surface area contributed by atoms with Gasteiger partial charge in [0.2, 0.25) is 5.88 Å². The maximum Gasteiger partial charge on any atom is 0.255 e. The van der Waals surface area contributed by atoms with Gasteiger partial charge in [0.1, 0.15) is 5.82 Å². The molecule has 0 N–H and O–H groups in total. The van der Waals surface area contributed by atoms with Crippen LogP contribution in [0.1, 0.15) is 35.7 Å². The van der Waals surface area contributed by atoms with Gasteiger partial charge in [-0.1, -0.05) is 11.6 Å². The molecule has 0 unspecified atom stereocenters. The van der Waals surface area contributed by atoms with Gasteiger partial charge in [-0.2, -0.15) is 0 Å². The molecule has 1 amide bonds. The van der Waals surface area contributed by atoms with Crippen LogP contribution >= 0.6 is 22.6 Å². The Labute approximate surface area is 166 Å². The highest BCUT2D eigenvalue weighted by Crippen LogP contribution is 2.26. The third kappa shape index (κ3) is 4.52. The number of ether oxygens (including phenoxy) is 1. The smallest absolute Gasteiger partial charge is 0.255 e. The summed E-state index contributed by atoms with van der Waals surface area (Å²) in [4.78, 5) is 18.9. The van der Waals surface area contributed by atoms with Gasteiger partial charge in [0, 0.05) is 28.1 Å². The molecule has 1 aromatic carbocycles. The van der Waals surface area contributed by atoms with E-state index in [0.717, 1.165) is 33.7 Å². The zero-order valence-electron chi connectivity index (χ0n) is 14.9. The van der Waals surface area contributed by atoms with Gasteiger partial charge in [-0.3, -0.25) is 4.79 Å². The Hall–Kier alpha value is -1.70. The predicted octanol–water partition coefficient (Wildman–Crippen LogP) is 4.45. The minimum Gasteiger partial charge on any atom is -0.477 e. The number of aryl methyl sites for hydroxylation is 1. The number of halogens is 2. The largest absolute Gasteiger partial charge is 0.477 e. The van der Waals surface area contributed by atoms with Crippen molar-refractivity contribution in [3.63, 3.8) is 0 Å². The van der Waals surface area contributed by atoms with Crippen LogP contribution in [0.5, 0.6) is 5.88 Å². The zero-order valence-corrected chi connectivity index (χ0v) is 17.1. The van der Waals surface area contributed by atoms with E-state index in [1.54, 1.807) is 0 Å². The summed E-state index contributed by atoms with van der Waals surface area (Å²) in [6.07, 6.45) is 3.09. The van der Waals surface area contributed by atoms with Gasteiger partial charge in [0.25, 0.3) is 5.91 Å². The van der Waals surface area contributed by atoms with Crippen molar-refractivity contribution in [3.8, 4) is 5.88 Å². The Morgan fingerprint density at radius 3 is 2.88 bits per heavy atom. The molecule has 0 spiro atoms. The first-order chi connectivity index (χ1) is 12.4. The number of piperidine rings is 1. The van der Waals surface area contributed by atoms with Crippen molar-refractivity contribution in [3.05, 3.63) is 57.0 Å². The lowest BCUT2D eigenvalue weighted by Gasteiger charge is -2.38. The maximum atomic E-state index is 13.1. The Balaban J connectivity index is 1.66. The van der Waals surface area contributed by atoms with Crippen LogP contribution in [0.2, 0.25) is 0 Å². The Bertz CT molecular complexity index is 782. The molecule has 6 heteroatoms. The summed E-state index contributed by atoms with van der Waals surface area (Å²) in [6.45, 7) is 5.23. The molecule has 3 rings (SSSR count). The van der Waals surface area contributed by atoms with E-state index >= 15 is 0 Å². The number of aromatic nitrogens is 1. The standard InChI is InChI=1S/C20H22FIN2O2/c1-13-3-7-18(22)17(9-13)20(25)24-11-15(5-4-14(24)2)12-26-19-8-6-16(21)10-23-19/h3,6-10,14-15H,4-5,11-12H2,1-2H3/t14-,15-/m1/s1. The van der Waals surface area contributed by atoms with Gasteiger partial charge < -0.3 is 9.64 Å². The molecular formula is C20H22FIN2O2. The number of hydrogen-bond acceptors (Lipinski definition) is 3. The average molecular weight is 468 g/mol. The van der Waals surface area contributed by atoms with E-state index < -0.39 is 0 Å². The predicted molar refractivity (Wildman–Crippen MR) is 107 cm³/mol. The van der Waals surface area contributed by atoms with Crippen molar-refractivity contribution < 1.29 is 13.9 Å². The number of hydrogen-bond donors (Lipinski definition) is 0. The van der Waals surface area contributed by atoms with Gasteiger partial charge >= 0.3 is 0 Å². The molecule has 1 aromatic heterocycles. The van der Waals surface area contributed by atoms with Crippen molar-refractivity contribution in [2.24, 2.45) is 5.92 Å². The Morgan fingerprint density at radius 2 is 2.15 bits per heavy atom. The van der Waals surface area contributed by atoms with Crippen LogP contribution in [-0.4, -0.2) is 35.0 Å². The highest BCUT2D eigenvalue weighted by atomic mass is 127. The van der Waals surface area contributed by atoms with E-state index in [1.165, 1.54) is 12.1 Å². The van der Waals surface area contributed by atoms with Crippen molar-refractivity contribution >= 4 is 28.5 Å². The summed E-state index contributed by atoms with van der Waals surface area (Å²) in [5.74, 6) is 0.351. The van der Waals surface area contributed by atoms with Crippen LogP contribution in [-0.2, 0) is 0 Å². The SMILES string of the molecule is Cc1ccc(I)c(C(=O)N2C[C@H](COc3ccc(F)cn3)CC[C@H]2C)c1. The molecule has 0 saturated carbocycles. The molecule has 26 heavy (non-hydrogen) atoms. The summed E-state index contributed by atoms with van der Waals surface area (Å²) in [7, 11) is 0. The lowest BCUT2D eigenvalue weighted by Crippen LogP contribution is -2.47. The average Bonchev–Trinajstić information content (AvgIpc) is 2.64. The molecule has 2 atom stereocenters. The third-order valence-corrected chi connectivity index (χ3v) is 5.70. The summed E-state index contributed by atoms with van der Waals surface area (Å²) in [5.41, 5.74) is 1.85. The van der Waals surface area contributed by atoms with Crippen LogP contribution in [0.4, 0.5) is 4.39 Å². The van der Waals surface area contributed by atoms with Gasteiger partial charge in [-0.25, -0.2) is 9.37 Å². The number of nitrogens with zero attached hydrogens (tertiary/aromatic N) is 2. The van der Waals surface area contributed by atoms with E-state index in [2.05, 4.69) is 34.5 Å². The summed E-state index contributed by atoms with van der Waals surface area (Å²) in [6, 6.07) is 9.03. The molecule has 0 bridgehead atoms. The number of carbonyl (C=O) groups excluding carboxylic acids is 1. The van der Waals surface area contributed by atoms with E-state index in [9.17, 15) is 9.18 Å². The molecule has 2 heterocycles. The fourth-order valence-electron chi connectivity index (χ4n) is 3.21. The lowest BCUT2D eigenvalue weighted by atomic mass is 9.93. The molecular weight excluding hydrogens is 446 g/mol. The molecule has 1 saturated heterocycles. The van der Waals surface area contributed by atoms with E-state index in [-0.39, 0.29) is 23.7 Å². The molecule has 4 nitrogen and oxygen atoms in total. The van der Waals surface area contributed by atoms with E-state index in [4.69, 9.17) is 4.74 Å². The van der Waals surface area contributed by atoms with Gasteiger partial charge in [0.15, 0.2) is 0 Å².